The average Bonchev–Trinajstić information content (AvgIpc) is 3.05. The molecule has 0 radical (unpaired) electrons. The van der Waals surface area contributed by atoms with Gasteiger partial charge in [-0.3, -0.25) is 9.69 Å². The molecule has 0 N–H and O–H groups in total. The fraction of sp³-hybridized carbons (Fsp3) is 0.394. The highest BCUT2D eigenvalue weighted by atomic mass is 35.5. The minimum absolute atomic E-state index is 0. The van der Waals surface area contributed by atoms with Crippen LogP contribution in [0.2, 0.25) is 5.02 Å². The van der Waals surface area contributed by atoms with Crippen LogP contribution in [0.25, 0.3) is 0 Å². The number of carbonyl (C=O) groups excluding carboxylic acids is 2. The summed E-state index contributed by atoms with van der Waals surface area (Å²) in [5.74, 6) is -0.582. The zero-order valence-corrected chi connectivity index (χ0v) is 28.0. The van der Waals surface area contributed by atoms with Crippen LogP contribution in [-0.4, -0.2) is 87.5 Å². The number of halogens is 2. The zero-order valence-electron chi connectivity index (χ0n) is 25.6. The van der Waals surface area contributed by atoms with Crippen molar-refractivity contribution in [2.75, 3.05) is 46.9 Å². The van der Waals surface area contributed by atoms with Gasteiger partial charge >= 0.3 is 12.1 Å². The number of rotatable bonds is 13. The lowest BCUT2D eigenvalue weighted by atomic mass is 9.94. The van der Waals surface area contributed by atoms with Gasteiger partial charge in [0.25, 0.3) is 0 Å². The summed E-state index contributed by atoms with van der Waals surface area (Å²) >= 11 is 6.32. The van der Waals surface area contributed by atoms with E-state index in [1.807, 2.05) is 54.6 Å². The van der Waals surface area contributed by atoms with Crippen molar-refractivity contribution in [2.24, 2.45) is 0 Å². The molecule has 1 aliphatic rings. The summed E-state index contributed by atoms with van der Waals surface area (Å²) in [6.07, 6.45) is 1.51. The highest BCUT2D eigenvalue weighted by Crippen LogP contribution is 2.27. The molecule has 0 aliphatic carbocycles. The van der Waals surface area contributed by atoms with Crippen LogP contribution in [0.3, 0.4) is 0 Å². The van der Waals surface area contributed by atoms with E-state index < -0.39 is 22.1 Å². The average molecular weight is 679 g/mol. The number of nitrogens with zero attached hydrogens (tertiary/aromatic N) is 3. The summed E-state index contributed by atoms with van der Waals surface area (Å²) in [7, 11) is -0.743. The number of methoxy groups -OCH3 is 1. The molecule has 9 nitrogen and oxygen atoms in total. The molecule has 1 heterocycles. The molecule has 0 aromatic heterocycles. The van der Waals surface area contributed by atoms with Gasteiger partial charge in [-0.1, -0.05) is 72.3 Å². The number of benzene rings is 3. The van der Waals surface area contributed by atoms with Crippen molar-refractivity contribution in [3.8, 4) is 0 Å². The van der Waals surface area contributed by atoms with E-state index in [1.165, 1.54) is 16.3 Å². The highest BCUT2D eigenvalue weighted by molar-refractivity contribution is 7.89. The van der Waals surface area contributed by atoms with Crippen molar-refractivity contribution in [2.45, 2.75) is 42.7 Å². The second-order valence-corrected chi connectivity index (χ2v) is 13.4. The van der Waals surface area contributed by atoms with Crippen LogP contribution < -0.4 is 0 Å². The predicted molar refractivity (Wildman–Crippen MR) is 177 cm³/mol. The number of likely N-dealkylation sites (N-methyl/N-ethyl adjacent to an activating group) is 1. The molecule has 1 saturated heterocycles. The Hall–Kier alpha value is -3.15. The van der Waals surface area contributed by atoms with E-state index in [4.69, 9.17) is 21.1 Å². The quantitative estimate of drug-likeness (QED) is 0.210. The van der Waals surface area contributed by atoms with Crippen LogP contribution >= 0.6 is 24.0 Å². The monoisotopic (exact) mass is 677 g/mol. The first kappa shape index (κ1) is 36.3. The molecule has 0 spiro atoms. The van der Waals surface area contributed by atoms with Crippen LogP contribution in [0.4, 0.5) is 4.79 Å². The van der Waals surface area contributed by atoms with Crippen molar-refractivity contribution in [3.63, 3.8) is 0 Å². The fourth-order valence-corrected chi connectivity index (χ4v) is 6.88. The number of piperidine rings is 1. The summed E-state index contributed by atoms with van der Waals surface area (Å²) in [6.45, 7) is 2.42. The summed E-state index contributed by atoms with van der Waals surface area (Å²) in [6, 6.07) is 25.2. The van der Waals surface area contributed by atoms with Crippen LogP contribution in [0, 0.1) is 0 Å². The molecule has 1 aliphatic heterocycles. The summed E-state index contributed by atoms with van der Waals surface area (Å²) in [4.78, 5) is 29.3. The molecule has 1 amide bonds. The smallest absolute Gasteiger partial charge is 0.410 e. The van der Waals surface area contributed by atoms with Crippen molar-refractivity contribution in [1.29, 1.82) is 0 Å². The minimum Gasteiger partial charge on any atom is -0.468 e. The number of carbonyl (C=O) groups is 2. The Morgan fingerprint density at radius 2 is 1.62 bits per heavy atom. The highest BCUT2D eigenvalue weighted by Gasteiger charge is 2.32. The van der Waals surface area contributed by atoms with E-state index in [-0.39, 0.29) is 42.4 Å². The molecular weight excluding hydrogens is 637 g/mol. The Bertz CT molecular complexity index is 1470. The van der Waals surface area contributed by atoms with Gasteiger partial charge in [-0.05, 0) is 67.1 Å². The van der Waals surface area contributed by atoms with Gasteiger partial charge in [0.2, 0.25) is 10.0 Å². The number of likely N-dealkylation sites (tertiary alicyclic amines) is 1. The standard InChI is InChI=1S/C33H40ClN3O6S.ClH/c1-35(44(40,41)31-14-7-4-8-15-31)23-28(27-12-9-13-29(34)22-27)16-19-36-20-17-30(18-21-36)37(24-32(38)42-2)33(39)43-25-26-10-5-3-6-11-26;/h3-15,22,28,30H,16-21,23-25H2,1-2H3;1H. The maximum atomic E-state index is 13.3. The van der Waals surface area contributed by atoms with Crippen LogP contribution in [0.15, 0.2) is 89.8 Å². The maximum absolute atomic E-state index is 13.3. The second kappa shape index (κ2) is 17.5. The van der Waals surface area contributed by atoms with Crippen molar-refractivity contribution in [3.05, 3.63) is 101 Å². The summed E-state index contributed by atoms with van der Waals surface area (Å²) in [5.41, 5.74) is 1.85. The van der Waals surface area contributed by atoms with E-state index in [2.05, 4.69) is 4.90 Å². The molecule has 12 heteroatoms. The number of ether oxygens (including phenoxy) is 2. The molecule has 1 fully saturated rings. The predicted octanol–water partition coefficient (Wildman–Crippen LogP) is 5.83. The molecule has 1 atom stereocenters. The van der Waals surface area contributed by atoms with Gasteiger partial charge in [0.05, 0.1) is 12.0 Å². The number of amides is 1. The lowest BCUT2D eigenvalue weighted by Crippen LogP contribution is -2.49. The molecule has 4 rings (SSSR count). The molecular formula is C33H41Cl2N3O6S. The summed E-state index contributed by atoms with van der Waals surface area (Å²) < 4.78 is 38.3. The van der Waals surface area contributed by atoms with Crippen molar-refractivity contribution < 1.29 is 27.5 Å². The van der Waals surface area contributed by atoms with Gasteiger partial charge in [-0.2, -0.15) is 0 Å². The Balaban J connectivity index is 0.00000552. The van der Waals surface area contributed by atoms with Gasteiger partial charge in [0.1, 0.15) is 13.2 Å². The first-order chi connectivity index (χ1) is 21.2. The Morgan fingerprint density at radius 1 is 0.978 bits per heavy atom. The van der Waals surface area contributed by atoms with Crippen LogP contribution in [0.5, 0.6) is 0 Å². The van der Waals surface area contributed by atoms with Gasteiger partial charge in [-0.15, -0.1) is 12.4 Å². The third-order valence-electron chi connectivity index (χ3n) is 8.01. The molecule has 0 bridgehead atoms. The lowest BCUT2D eigenvalue weighted by molar-refractivity contribution is -0.142. The van der Waals surface area contributed by atoms with Crippen LogP contribution in [-0.2, 0) is 30.9 Å². The molecule has 0 saturated carbocycles. The Labute approximate surface area is 277 Å². The zero-order chi connectivity index (χ0) is 31.5. The summed E-state index contributed by atoms with van der Waals surface area (Å²) in [5, 5.41) is 0.603. The minimum atomic E-state index is -3.66. The SMILES string of the molecule is COC(=O)CN(C(=O)OCc1ccccc1)C1CCN(CCC(CN(C)S(=O)(=O)c2ccccc2)c2cccc(Cl)c2)CC1.Cl. The van der Waals surface area contributed by atoms with Gasteiger partial charge in [0.15, 0.2) is 0 Å². The third-order valence-corrected chi connectivity index (χ3v) is 10.1. The van der Waals surface area contributed by atoms with E-state index in [0.717, 1.165) is 17.7 Å². The van der Waals surface area contributed by atoms with Crippen molar-refractivity contribution in [1.82, 2.24) is 14.1 Å². The van der Waals surface area contributed by atoms with E-state index in [0.29, 0.717) is 43.9 Å². The second-order valence-electron chi connectivity index (χ2n) is 11.0. The topological polar surface area (TPSA) is 96.5 Å². The fourth-order valence-electron chi connectivity index (χ4n) is 5.45. The molecule has 1 unspecified atom stereocenters. The van der Waals surface area contributed by atoms with Gasteiger partial charge < -0.3 is 14.4 Å². The van der Waals surface area contributed by atoms with E-state index in [9.17, 15) is 18.0 Å². The van der Waals surface area contributed by atoms with Crippen LogP contribution in [0.1, 0.15) is 36.3 Å². The first-order valence-corrected chi connectivity index (χ1v) is 16.5. The number of esters is 1. The van der Waals surface area contributed by atoms with Gasteiger partial charge in [-0.25, -0.2) is 17.5 Å². The van der Waals surface area contributed by atoms with E-state index >= 15 is 0 Å². The number of hydrogen-bond acceptors (Lipinski definition) is 7. The molecule has 45 heavy (non-hydrogen) atoms. The molecule has 3 aromatic carbocycles. The molecule has 3 aromatic rings. The largest absolute Gasteiger partial charge is 0.468 e. The normalized spacial score (nSPS) is 14.8. The Morgan fingerprint density at radius 3 is 2.24 bits per heavy atom. The molecule has 244 valence electrons. The number of hydrogen-bond donors (Lipinski definition) is 0. The van der Waals surface area contributed by atoms with E-state index in [1.54, 1.807) is 37.4 Å². The Kier molecular flexibility index (Phi) is 14.1. The lowest BCUT2D eigenvalue weighted by Gasteiger charge is -2.38. The maximum Gasteiger partial charge on any atom is 0.410 e. The van der Waals surface area contributed by atoms with Crippen molar-refractivity contribution >= 4 is 46.1 Å². The van der Waals surface area contributed by atoms with Gasteiger partial charge in [0, 0.05) is 37.7 Å². The first-order valence-electron chi connectivity index (χ1n) is 14.7. The number of sulfonamides is 1. The third kappa shape index (κ3) is 10.4.